The number of nitrogens with one attached hydrogen (secondary N) is 2. The maximum atomic E-state index is 12.8. The normalized spacial score (nSPS) is 20.0. The van der Waals surface area contributed by atoms with Gasteiger partial charge < -0.3 is 10.6 Å². The number of hydrogen-bond donors (Lipinski definition) is 2. The Morgan fingerprint density at radius 3 is 2.56 bits per heavy atom. The molecule has 3 rings (SSSR count). The van der Waals surface area contributed by atoms with E-state index < -0.39 is 15.1 Å². The summed E-state index contributed by atoms with van der Waals surface area (Å²) >= 11 is 6.25. The Hall–Kier alpha value is -2.12. The minimum atomic E-state index is -3.47. The summed E-state index contributed by atoms with van der Waals surface area (Å²) in [7, 11) is -3.47. The molecule has 1 aliphatic rings. The van der Waals surface area contributed by atoms with Crippen molar-refractivity contribution in [3.05, 3.63) is 54.4 Å². The molecule has 0 spiro atoms. The van der Waals surface area contributed by atoms with Gasteiger partial charge in [-0.25, -0.2) is 13.2 Å². The first-order valence-electron chi connectivity index (χ1n) is 8.88. The number of carbonyl (C=O) groups excluding carboxylic acids is 1. The van der Waals surface area contributed by atoms with Crippen LogP contribution in [0.5, 0.6) is 0 Å². The molecule has 2 N–H and O–H groups in total. The molecule has 27 heavy (non-hydrogen) atoms. The van der Waals surface area contributed by atoms with Gasteiger partial charge in [0.15, 0.2) is 9.84 Å². The molecule has 8 heteroatoms. The summed E-state index contributed by atoms with van der Waals surface area (Å²) < 4.78 is 25.6. The van der Waals surface area contributed by atoms with E-state index in [0.29, 0.717) is 18.7 Å². The van der Waals surface area contributed by atoms with Crippen LogP contribution in [0.1, 0.15) is 31.2 Å². The van der Waals surface area contributed by atoms with Crippen LogP contribution in [0.15, 0.2) is 53.7 Å². The molecule has 1 aromatic heterocycles. The first-order valence-corrected chi connectivity index (χ1v) is 10.9. The highest BCUT2D eigenvalue weighted by Crippen LogP contribution is 2.32. The van der Waals surface area contributed by atoms with E-state index in [4.69, 9.17) is 11.6 Å². The molecule has 144 valence electrons. The lowest BCUT2D eigenvalue weighted by Gasteiger charge is -2.26. The Morgan fingerprint density at radius 1 is 1.15 bits per heavy atom. The molecule has 6 nitrogen and oxygen atoms in total. The van der Waals surface area contributed by atoms with E-state index in [2.05, 4.69) is 15.6 Å². The van der Waals surface area contributed by atoms with Crippen molar-refractivity contribution in [3.8, 4) is 0 Å². The lowest BCUT2D eigenvalue weighted by atomic mass is 10.00. The van der Waals surface area contributed by atoms with Gasteiger partial charge in [-0.1, -0.05) is 18.9 Å². The first kappa shape index (κ1) is 19.6. The second-order valence-corrected chi connectivity index (χ2v) is 9.30. The van der Waals surface area contributed by atoms with Gasteiger partial charge in [-0.3, -0.25) is 4.98 Å². The van der Waals surface area contributed by atoms with Crippen LogP contribution in [-0.2, 0) is 16.4 Å². The number of nitrogens with zero attached hydrogens (tertiary/aromatic N) is 1. The number of sulfone groups is 1. The topological polar surface area (TPSA) is 88.2 Å². The van der Waals surface area contributed by atoms with Crippen LogP contribution in [0.2, 0.25) is 0 Å². The number of rotatable bonds is 5. The van der Waals surface area contributed by atoms with Gasteiger partial charge in [-0.15, -0.1) is 11.6 Å². The van der Waals surface area contributed by atoms with Gasteiger partial charge >= 0.3 is 6.03 Å². The second-order valence-electron chi connectivity index (χ2n) is 6.58. The maximum absolute atomic E-state index is 12.8. The first-order chi connectivity index (χ1) is 13.0. The lowest BCUT2D eigenvalue weighted by molar-refractivity contribution is 0.251. The van der Waals surface area contributed by atoms with Crippen LogP contribution in [0.3, 0.4) is 0 Å². The highest BCUT2D eigenvalue weighted by atomic mass is 35.5. The average Bonchev–Trinajstić information content (AvgIpc) is 2.68. The number of urea groups is 1. The fraction of sp³-hybridized carbons (Fsp3) is 0.368. The molecule has 1 saturated carbocycles. The van der Waals surface area contributed by atoms with Crippen molar-refractivity contribution >= 4 is 33.2 Å². The molecular weight excluding hydrogens is 386 g/mol. The molecule has 1 fully saturated rings. The van der Waals surface area contributed by atoms with Crippen molar-refractivity contribution in [1.29, 1.82) is 0 Å². The Morgan fingerprint density at radius 2 is 1.89 bits per heavy atom. The average molecular weight is 408 g/mol. The third-order valence-electron chi connectivity index (χ3n) is 4.64. The number of aromatic nitrogens is 1. The second kappa shape index (κ2) is 8.71. The van der Waals surface area contributed by atoms with Crippen LogP contribution >= 0.6 is 11.6 Å². The molecular formula is C19H22ClN3O3S. The number of hydrogen-bond acceptors (Lipinski definition) is 4. The molecule has 0 bridgehead atoms. The number of pyridine rings is 1. The predicted molar refractivity (Wildman–Crippen MR) is 106 cm³/mol. The van der Waals surface area contributed by atoms with Gasteiger partial charge in [0.05, 0.1) is 15.5 Å². The molecule has 2 amide bonds. The molecule has 0 saturated heterocycles. The number of anilines is 1. The molecule has 0 radical (unpaired) electrons. The van der Waals surface area contributed by atoms with E-state index >= 15 is 0 Å². The van der Waals surface area contributed by atoms with Gasteiger partial charge in [0.2, 0.25) is 0 Å². The van der Waals surface area contributed by atoms with E-state index in [-0.39, 0.29) is 16.3 Å². The summed E-state index contributed by atoms with van der Waals surface area (Å²) in [5, 5.41) is 4.52. The third-order valence-corrected chi connectivity index (χ3v) is 7.60. The minimum absolute atomic E-state index is 0.237. The van der Waals surface area contributed by atoms with Crippen molar-refractivity contribution in [2.24, 2.45) is 0 Å². The Kier molecular flexibility index (Phi) is 6.34. The number of amides is 2. The van der Waals surface area contributed by atoms with E-state index in [1.165, 1.54) is 12.1 Å². The molecule has 2 aromatic rings. The number of halogens is 1. The summed E-state index contributed by atoms with van der Waals surface area (Å²) in [6.45, 7) is 0.352. The van der Waals surface area contributed by atoms with Crippen LogP contribution in [0, 0.1) is 0 Å². The van der Waals surface area contributed by atoms with E-state index in [1.54, 1.807) is 30.6 Å². The molecule has 1 heterocycles. The van der Waals surface area contributed by atoms with E-state index in [0.717, 1.165) is 24.8 Å². The maximum Gasteiger partial charge on any atom is 0.319 e. The molecule has 2 atom stereocenters. The number of alkyl halides is 1. The fourth-order valence-electron chi connectivity index (χ4n) is 3.16. The standard InChI is InChI=1S/C19H22ClN3O3S/c20-17-5-1-2-6-18(17)27(25,26)16-9-7-15(8-10-16)23-19(24)22-13-14-4-3-11-21-12-14/h3-4,7-12,17-18H,1-2,5-6,13H2,(H2,22,23,24). The largest absolute Gasteiger partial charge is 0.334 e. The highest BCUT2D eigenvalue weighted by molar-refractivity contribution is 7.92. The molecule has 0 aliphatic heterocycles. The van der Waals surface area contributed by atoms with Crippen molar-refractivity contribution in [2.45, 2.75) is 47.8 Å². The third kappa shape index (κ3) is 4.99. The van der Waals surface area contributed by atoms with Crippen molar-refractivity contribution < 1.29 is 13.2 Å². The number of carbonyl (C=O) groups is 1. The monoisotopic (exact) mass is 407 g/mol. The Bertz CT molecular complexity index is 873. The Labute approximate surface area is 164 Å². The van der Waals surface area contributed by atoms with Gasteiger partial charge in [0.1, 0.15) is 0 Å². The summed E-state index contributed by atoms with van der Waals surface area (Å²) in [6, 6.07) is 9.50. The van der Waals surface area contributed by atoms with Crippen LogP contribution in [0.25, 0.3) is 0 Å². The van der Waals surface area contributed by atoms with Crippen molar-refractivity contribution in [2.75, 3.05) is 5.32 Å². The summed E-state index contributed by atoms with van der Waals surface area (Å²) in [5.41, 5.74) is 1.40. The SMILES string of the molecule is O=C(NCc1cccnc1)Nc1ccc(S(=O)(=O)C2CCCCC2Cl)cc1. The summed E-state index contributed by atoms with van der Waals surface area (Å²) in [5.74, 6) is 0. The predicted octanol–water partition coefficient (Wildman–Crippen LogP) is 3.73. The molecule has 2 unspecified atom stereocenters. The zero-order valence-electron chi connectivity index (χ0n) is 14.8. The van der Waals surface area contributed by atoms with E-state index in [1.807, 2.05) is 6.07 Å². The Balaban J connectivity index is 1.60. The van der Waals surface area contributed by atoms with E-state index in [9.17, 15) is 13.2 Å². The smallest absolute Gasteiger partial charge is 0.319 e. The zero-order chi connectivity index (χ0) is 19.3. The van der Waals surface area contributed by atoms with Crippen LogP contribution < -0.4 is 10.6 Å². The quantitative estimate of drug-likeness (QED) is 0.739. The van der Waals surface area contributed by atoms with Gasteiger partial charge in [0.25, 0.3) is 0 Å². The lowest BCUT2D eigenvalue weighted by Crippen LogP contribution is -2.33. The summed E-state index contributed by atoms with van der Waals surface area (Å²) in [6.07, 6.45) is 6.50. The van der Waals surface area contributed by atoms with Gasteiger partial charge in [0, 0.05) is 24.6 Å². The van der Waals surface area contributed by atoms with Crippen LogP contribution in [0.4, 0.5) is 10.5 Å². The fourth-order valence-corrected chi connectivity index (χ4v) is 5.72. The van der Waals surface area contributed by atoms with Gasteiger partial charge in [-0.05, 0) is 48.7 Å². The highest BCUT2D eigenvalue weighted by Gasteiger charge is 2.35. The van der Waals surface area contributed by atoms with Crippen LogP contribution in [-0.4, -0.2) is 30.1 Å². The summed E-state index contributed by atoms with van der Waals surface area (Å²) in [4.78, 5) is 16.2. The number of benzene rings is 1. The molecule has 1 aliphatic carbocycles. The van der Waals surface area contributed by atoms with Crippen molar-refractivity contribution in [3.63, 3.8) is 0 Å². The van der Waals surface area contributed by atoms with Gasteiger partial charge in [-0.2, -0.15) is 0 Å². The zero-order valence-corrected chi connectivity index (χ0v) is 16.3. The minimum Gasteiger partial charge on any atom is -0.334 e. The van der Waals surface area contributed by atoms with Crippen molar-refractivity contribution in [1.82, 2.24) is 10.3 Å². The molecule has 1 aromatic carbocycles.